The van der Waals surface area contributed by atoms with Crippen LogP contribution in [0.4, 0.5) is 4.39 Å². The van der Waals surface area contributed by atoms with Crippen LogP contribution in [0, 0.1) is 23.6 Å². The first-order valence-corrected chi connectivity index (χ1v) is 5.88. The Morgan fingerprint density at radius 1 is 1.39 bits per heavy atom. The second-order valence-electron chi connectivity index (χ2n) is 4.06. The zero-order valence-corrected chi connectivity index (χ0v) is 9.91. The van der Waals surface area contributed by atoms with Crippen LogP contribution in [-0.4, -0.2) is 19.1 Å². The van der Waals surface area contributed by atoms with Crippen molar-refractivity contribution < 1.29 is 13.9 Å². The molecule has 18 heavy (non-hydrogen) atoms. The average molecular weight is 247 g/mol. The van der Waals surface area contributed by atoms with Gasteiger partial charge in [0, 0.05) is 5.92 Å². The molecule has 0 saturated heterocycles. The highest BCUT2D eigenvalue weighted by atomic mass is 19.1. The van der Waals surface area contributed by atoms with E-state index < -0.39 is 5.82 Å². The first-order valence-electron chi connectivity index (χ1n) is 5.88. The van der Waals surface area contributed by atoms with Gasteiger partial charge in [0.1, 0.15) is 6.61 Å². The summed E-state index contributed by atoms with van der Waals surface area (Å²) in [5.41, 5.74) is 0. The second kappa shape index (κ2) is 6.06. The van der Waals surface area contributed by atoms with Crippen LogP contribution in [0.1, 0.15) is 12.8 Å². The van der Waals surface area contributed by atoms with Crippen molar-refractivity contribution in [3.05, 3.63) is 30.1 Å². The van der Waals surface area contributed by atoms with Crippen molar-refractivity contribution in [2.24, 2.45) is 5.92 Å². The van der Waals surface area contributed by atoms with E-state index >= 15 is 0 Å². The van der Waals surface area contributed by atoms with E-state index in [2.05, 4.69) is 17.2 Å². The van der Waals surface area contributed by atoms with Crippen molar-refractivity contribution >= 4 is 5.91 Å². The molecule has 0 radical (unpaired) electrons. The zero-order valence-electron chi connectivity index (χ0n) is 9.91. The molecule has 1 saturated carbocycles. The SMILES string of the molecule is O=C(NCC#CCOc1ccccc1F)C1CC1. The Morgan fingerprint density at radius 3 is 2.89 bits per heavy atom. The van der Waals surface area contributed by atoms with Gasteiger partial charge in [0.25, 0.3) is 0 Å². The summed E-state index contributed by atoms with van der Waals surface area (Å²) in [7, 11) is 0. The number of benzene rings is 1. The molecule has 0 atom stereocenters. The second-order valence-corrected chi connectivity index (χ2v) is 4.06. The van der Waals surface area contributed by atoms with E-state index in [-0.39, 0.29) is 24.2 Å². The molecule has 1 aliphatic carbocycles. The molecule has 0 unspecified atom stereocenters. The van der Waals surface area contributed by atoms with Gasteiger partial charge in [-0.1, -0.05) is 24.0 Å². The van der Waals surface area contributed by atoms with Crippen LogP contribution in [-0.2, 0) is 4.79 Å². The Kier molecular flexibility index (Phi) is 4.19. The molecular weight excluding hydrogens is 233 g/mol. The van der Waals surface area contributed by atoms with Crippen molar-refractivity contribution in [1.29, 1.82) is 0 Å². The lowest BCUT2D eigenvalue weighted by Crippen LogP contribution is -2.24. The molecule has 94 valence electrons. The van der Waals surface area contributed by atoms with E-state index in [1.54, 1.807) is 18.2 Å². The first-order chi connectivity index (χ1) is 8.77. The highest BCUT2D eigenvalue weighted by Crippen LogP contribution is 2.28. The highest BCUT2D eigenvalue weighted by molar-refractivity contribution is 5.81. The van der Waals surface area contributed by atoms with E-state index in [1.165, 1.54) is 6.07 Å². The van der Waals surface area contributed by atoms with Gasteiger partial charge in [-0.25, -0.2) is 4.39 Å². The van der Waals surface area contributed by atoms with Crippen molar-refractivity contribution in [2.75, 3.05) is 13.2 Å². The van der Waals surface area contributed by atoms with Crippen LogP contribution in [0.15, 0.2) is 24.3 Å². The number of para-hydroxylation sites is 1. The lowest BCUT2D eigenvalue weighted by molar-refractivity contribution is -0.122. The number of hydrogen-bond acceptors (Lipinski definition) is 2. The number of amides is 1. The topological polar surface area (TPSA) is 38.3 Å². The largest absolute Gasteiger partial charge is 0.478 e. The number of nitrogens with one attached hydrogen (secondary N) is 1. The van der Waals surface area contributed by atoms with Crippen molar-refractivity contribution in [1.82, 2.24) is 5.32 Å². The minimum absolute atomic E-state index is 0.0688. The van der Waals surface area contributed by atoms with E-state index in [0.29, 0.717) is 6.54 Å². The van der Waals surface area contributed by atoms with Crippen LogP contribution in [0.3, 0.4) is 0 Å². The lowest BCUT2D eigenvalue weighted by atomic mass is 10.3. The maximum absolute atomic E-state index is 13.1. The molecule has 0 aromatic heterocycles. The van der Waals surface area contributed by atoms with Crippen LogP contribution in [0.5, 0.6) is 5.75 Å². The third kappa shape index (κ3) is 3.77. The minimum atomic E-state index is -0.402. The molecule has 1 amide bonds. The van der Waals surface area contributed by atoms with E-state index in [0.717, 1.165) is 12.8 Å². The molecule has 1 fully saturated rings. The quantitative estimate of drug-likeness (QED) is 0.823. The summed E-state index contributed by atoms with van der Waals surface area (Å²) >= 11 is 0. The minimum Gasteiger partial charge on any atom is -0.478 e. The van der Waals surface area contributed by atoms with Gasteiger partial charge in [-0.3, -0.25) is 4.79 Å². The predicted molar refractivity (Wildman–Crippen MR) is 65.4 cm³/mol. The van der Waals surface area contributed by atoms with Gasteiger partial charge in [0.15, 0.2) is 11.6 Å². The van der Waals surface area contributed by atoms with Gasteiger partial charge in [0.2, 0.25) is 5.91 Å². The molecule has 3 nitrogen and oxygen atoms in total. The van der Waals surface area contributed by atoms with Crippen LogP contribution in [0.25, 0.3) is 0 Å². The Morgan fingerprint density at radius 2 is 2.17 bits per heavy atom. The van der Waals surface area contributed by atoms with Crippen LogP contribution >= 0.6 is 0 Å². The Balaban J connectivity index is 1.66. The molecule has 0 bridgehead atoms. The fourth-order valence-corrected chi connectivity index (χ4v) is 1.41. The molecule has 0 heterocycles. The van der Waals surface area contributed by atoms with Gasteiger partial charge < -0.3 is 10.1 Å². The smallest absolute Gasteiger partial charge is 0.223 e. The van der Waals surface area contributed by atoms with E-state index in [1.807, 2.05) is 0 Å². The van der Waals surface area contributed by atoms with E-state index in [4.69, 9.17) is 4.74 Å². The first kappa shape index (κ1) is 12.4. The zero-order chi connectivity index (χ0) is 12.8. The summed E-state index contributed by atoms with van der Waals surface area (Å²) in [6.45, 7) is 0.427. The number of ether oxygens (including phenoxy) is 1. The molecule has 0 spiro atoms. The van der Waals surface area contributed by atoms with Gasteiger partial charge in [-0.05, 0) is 25.0 Å². The molecule has 0 aliphatic heterocycles. The fraction of sp³-hybridized carbons (Fsp3) is 0.357. The summed E-state index contributed by atoms with van der Waals surface area (Å²) in [5, 5.41) is 2.71. The number of carbonyl (C=O) groups is 1. The Hall–Kier alpha value is -2.02. The number of halogens is 1. The normalized spacial score (nSPS) is 13.4. The highest BCUT2D eigenvalue weighted by Gasteiger charge is 2.28. The molecule has 1 aliphatic rings. The third-order valence-electron chi connectivity index (χ3n) is 2.56. The standard InChI is InChI=1S/C14H14FNO2/c15-12-5-1-2-6-13(12)18-10-4-3-9-16-14(17)11-7-8-11/h1-2,5-6,11H,7-10H2,(H,16,17). The lowest BCUT2D eigenvalue weighted by Gasteiger charge is -2.02. The fourth-order valence-electron chi connectivity index (χ4n) is 1.41. The van der Waals surface area contributed by atoms with Gasteiger partial charge >= 0.3 is 0 Å². The van der Waals surface area contributed by atoms with Gasteiger partial charge in [0.05, 0.1) is 6.54 Å². The maximum atomic E-state index is 13.1. The van der Waals surface area contributed by atoms with Gasteiger partial charge in [-0.2, -0.15) is 0 Å². The van der Waals surface area contributed by atoms with Crippen molar-refractivity contribution in [3.8, 4) is 17.6 Å². The molecular formula is C14H14FNO2. The molecule has 1 N–H and O–H groups in total. The summed E-state index contributed by atoms with van der Waals surface area (Å²) in [6.07, 6.45) is 1.96. The third-order valence-corrected chi connectivity index (χ3v) is 2.56. The summed E-state index contributed by atoms with van der Waals surface area (Å²) in [4.78, 5) is 11.2. The maximum Gasteiger partial charge on any atom is 0.223 e. The Labute approximate surface area is 105 Å². The van der Waals surface area contributed by atoms with Gasteiger partial charge in [-0.15, -0.1) is 0 Å². The van der Waals surface area contributed by atoms with Crippen LogP contribution < -0.4 is 10.1 Å². The Bertz CT molecular complexity index is 486. The summed E-state index contributed by atoms with van der Waals surface area (Å²) in [5.74, 6) is 5.53. The van der Waals surface area contributed by atoms with Crippen molar-refractivity contribution in [2.45, 2.75) is 12.8 Å². The summed E-state index contributed by atoms with van der Waals surface area (Å²) < 4.78 is 18.3. The predicted octanol–water partition coefficient (Wildman–Crippen LogP) is 1.73. The van der Waals surface area contributed by atoms with Crippen LogP contribution in [0.2, 0.25) is 0 Å². The number of hydrogen-bond donors (Lipinski definition) is 1. The monoisotopic (exact) mass is 247 g/mol. The average Bonchev–Trinajstić information content (AvgIpc) is 3.19. The molecule has 4 heteroatoms. The molecule has 1 aromatic rings. The molecule has 1 aromatic carbocycles. The van der Waals surface area contributed by atoms with Crippen molar-refractivity contribution in [3.63, 3.8) is 0 Å². The van der Waals surface area contributed by atoms with E-state index in [9.17, 15) is 9.18 Å². The molecule has 2 rings (SSSR count). The summed E-state index contributed by atoms with van der Waals surface area (Å²) in [6, 6.07) is 6.17. The number of rotatable bonds is 4. The number of carbonyl (C=O) groups excluding carboxylic acids is 1.